The minimum Gasteiger partial charge on any atom is -0.309 e. The van der Waals surface area contributed by atoms with Gasteiger partial charge in [-0.3, -0.25) is 0 Å². The lowest BCUT2D eigenvalue weighted by Gasteiger charge is -2.21. The van der Waals surface area contributed by atoms with Crippen LogP contribution in [-0.4, -0.2) is 19.5 Å². The molecule has 0 aliphatic carbocycles. The molecule has 59 heavy (non-hydrogen) atoms. The van der Waals surface area contributed by atoms with Crippen LogP contribution in [0, 0.1) is 0 Å². The molecule has 274 valence electrons. The SMILES string of the molecule is c1ccc(-c2nc(-c3cccc4ccccc34)nc(-c3cc(-n4c5ccccc5c5cc6ccccc6cc54)c(-c4cccc5ccccc45)c4ccccc34)n2)cc1. The number of para-hydroxylation sites is 1. The normalized spacial score (nSPS) is 11.7. The van der Waals surface area contributed by atoms with E-state index in [-0.39, 0.29) is 0 Å². The van der Waals surface area contributed by atoms with Crippen LogP contribution in [0.4, 0.5) is 0 Å². The third kappa shape index (κ3) is 5.34. The van der Waals surface area contributed by atoms with Crippen molar-refractivity contribution in [3.05, 3.63) is 206 Å². The summed E-state index contributed by atoms with van der Waals surface area (Å²) < 4.78 is 2.47. The summed E-state index contributed by atoms with van der Waals surface area (Å²) in [5, 5.41) is 11.7. The molecule has 12 rings (SSSR count). The number of rotatable bonds is 5. The van der Waals surface area contributed by atoms with E-state index in [4.69, 9.17) is 15.0 Å². The standard InChI is InChI=1S/C55H34N4/c1-2-18-37(19-3-1)53-56-54(46-30-15-23-36-17-7-9-25-41(36)46)58-55(57-53)48-34-51(52(45-28-11-10-26-42(45)48)44-29-14-22-35-16-6-8-24-40(35)44)59-49-31-13-12-27-43(49)47-32-38-20-4-5-21-39(38)33-50(47)59/h1-34H. The molecule has 0 saturated carbocycles. The molecule has 4 nitrogen and oxygen atoms in total. The van der Waals surface area contributed by atoms with Crippen molar-refractivity contribution in [1.29, 1.82) is 0 Å². The fourth-order valence-corrected chi connectivity index (χ4v) is 9.12. The second-order valence-corrected chi connectivity index (χ2v) is 15.2. The Kier molecular flexibility index (Phi) is 7.50. The van der Waals surface area contributed by atoms with Crippen molar-refractivity contribution in [2.45, 2.75) is 0 Å². The summed E-state index contributed by atoms with van der Waals surface area (Å²) in [6.45, 7) is 0. The maximum Gasteiger partial charge on any atom is 0.164 e. The van der Waals surface area contributed by atoms with Crippen molar-refractivity contribution in [1.82, 2.24) is 19.5 Å². The van der Waals surface area contributed by atoms with Gasteiger partial charge in [0.2, 0.25) is 0 Å². The highest BCUT2D eigenvalue weighted by molar-refractivity contribution is 6.17. The van der Waals surface area contributed by atoms with Gasteiger partial charge >= 0.3 is 0 Å². The topological polar surface area (TPSA) is 43.6 Å². The smallest absolute Gasteiger partial charge is 0.164 e. The first-order chi connectivity index (χ1) is 29.3. The Morgan fingerprint density at radius 1 is 0.288 bits per heavy atom. The van der Waals surface area contributed by atoms with Gasteiger partial charge in [-0.15, -0.1) is 0 Å². The van der Waals surface area contributed by atoms with Gasteiger partial charge in [-0.25, -0.2) is 15.0 Å². The molecule has 0 bridgehead atoms. The van der Waals surface area contributed by atoms with Crippen molar-refractivity contribution in [3.8, 4) is 51.0 Å². The van der Waals surface area contributed by atoms with E-state index in [0.29, 0.717) is 17.5 Å². The molecule has 0 unspecified atom stereocenters. The maximum absolute atomic E-state index is 5.41. The van der Waals surface area contributed by atoms with Gasteiger partial charge in [-0.05, 0) is 72.9 Å². The Hall–Kier alpha value is -7.95. The summed E-state index contributed by atoms with van der Waals surface area (Å²) in [6.07, 6.45) is 0. The van der Waals surface area contributed by atoms with E-state index >= 15 is 0 Å². The molecule has 2 heterocycles. The van der Waals surface area contributed by atoms with Crippen molar-refractivity contribution in [2.75, 3.05) is 0 Å². The Labute approximate surface area is 340 Å². The third-order valence-corrected chi connectivity index (χ3v) is 11.8. The van der Waals surface area contributed by atoms with E-state index in [0.717, 1.165) is 60.5 Å². The lowest BCUT2D eigenvalue weighted by atomic mass is 9.90. The molecule has 10 aromatic carbocycles. The molecule has 0 fully saturated rings. The summed E-state index contributed by atoms with van der Waals surface area (Å²) in [4.78, 5) is 15.9. The molecular formula is C55H34N4. The number of benzene rings is 10. The Balaban J connectivity index is 1.25. The Morgan fingerprint density at radius 2 is 0.797 bits per heavy atom. The van der Waals surface area contributed by atoms with Gasteiger partial charge in [0.25, 0.3) is 0 Å². The van der Waals surface area contributed by atoms with Crippen molar-refractivity contribution in [2.24, 2.45) is 0 Å². The average Bonchev–Trinajstić information content (AvgIpc) is 3.62. The maximum atomic E-state index is 5.41. The van der Waals surface area contributed by atoms with Gasteiger partial charge in [0, 0.05) is 33.0 Å². The Morgan fingerprint density at radius 3 is 1.53 bits per heavy atom. The van der Waals surface area contributed by atoms with Crippen LogP contribution in [0.5, 0.6) is 0 Å². The lowest BCUT2D eigenvalue weighted by Crippen LogP contribution is -2.04. The van der Waals surface area contributed by atoms with Crippen molar-refractivity contribution in [3.63, 3.8) is 0 Å². The van der Waals surface area contributed by atoms with Gasteiger partial charge in [0.05, 0.1) is 16.7 Å². The number of fused-ring (bicyclic) bond motifs is 7. The minimum atomic E-state index is 0.620. The first-order valence-corrected chi connectivity index (χ1v) is 20.0. The van der Waals surface area contributed by atoms with Crippen LogP contribution >= 0.6 is 0 Å². The van der Waals surface area contributed by atoms with E-state index in [1.807, 2.05) is 18.2 Å². The number of hydrogen-bond acceptors (Lipinski definition) is 3. The second-order valence-electron chi connectivity index (χ2n) is 15.2. The predicted octanol–water partition coefficient (Wildman–Crippen LogP) is 14.2. The van der Waals surface area contributed by atoms with E-state index in [1.165, 1.54) is 37.9 Å². The number of nitrogens with zero attached hydrogens (tertiary/aromatic N) is 4. The van der Waals surface area contributed by atoms with Crippen molar-refractivity contribution < 1.29 is 0 Å². The molecule has 0 amide bonds. The zero-order valence-electron chi connectivity index (χ0n) is 31.9. The van der Waals surface area contributed by atoms with Crippen LogP contribution < -0.4 is 0 Å². The van der Waals surface area contributed by atoms with Crippen LogP contribution in [0.25, 0.3) is 116 Å². The molecule has 0 N–H and O–H groups in total. The third-order valence-electron chi connectivity index (χ3n) is 11.8. The van der Waals surface area contributed by atoms with Gasteiger partial charge in [-0.2, -0.15) is 0 Å². The number of hydrogen-bond donors (Lipinski definition) is 0. The second kappa shape index (κ2) is 13.3. The fourth-order valence-electron chi connectivity index (χ4n) is 9.12. The van der Waals surface area contributed by atoms with Gasteiger partial charge in [-0.1, -0.05) is 182 Å². The molecule has 0 saturated heterocycles. The molecule has 0 aliphatic heterocycles. The fraction of sp³-hybridized carbons (Fsp3) is 0. The molecule has 12 aromatic rings. The zero-order valence-corrected chi connectivity index (χ0v) is 31.9. The van der Waals surface area contributed by atoms with Crippen LogP contribution in [0.2, 0.25) is 0 Å². The van der Waals surface area contributed by atoms with Crippen LogP contribution in [0.15, 0.2) is 206 Å². The van der Waals surface area contributed by atoms with E-state index in [9.17, 15) is 0 Å². The summed E-state index contributed by atoms with van der Waals surface area (Å²) in [5.41, 5.74) is 8.51. The zero-order chi connectivity index (χ0) is 38.9. The highest BCUT2D eigenvalue weighted by Crippen LogP contribution is 2.46. The molecule has 0 aliphatic rings. The minimum absolute atomic E-state index is 0.620. The largest absolute Gasteiger partial charge is 0.309 e. The summed E-state index contributed by atoms with van der Waals surface area (Å²) in [5.74, 6) is 1.89. The lowest BCUT2D eigenvalue weighted by molar-refractivity contribution is 1.08. The monoisotopic (exact) mass is 750 g/mol. The molecule has 4 heteroatoms. The predicted molar refractivity (Wildman–Crippen MR) is 246 cm³/mol. The Bertz CT molecular complexity index is 3610. The van der Waals surface area contributed by atoms with E-state index in [2.05, 4.69) is 193 Å². The van der Waals surface area contributed by atoms with Gasteiger partial charge < -0.3 is 4.57 Å². The van der Waals surface area contributed by atoms with Gasteiger partial charge in [0.15, 0.2) is 17.5 Å². The summed E-state index contributed by atoms with van der Waals surface area (Å²) >= 11 is 0. The molecule has 0 spiro atoms. The van der Waals surface area contributed by atoms with Gasteiger partial charge in [0.1, 0.15) is 0 Å². The molecule has 0 atom stereocenters. The van der Waals surface area contributed by atoms with Crippen molar-refractivity contribution >= 4 is 64.9 Å². The summed E-state index contributed by atoms with van der Waals surface area (Å²) in [6, 6.07) is 73.6. The summed E-state index contributed by atoms with van der Waals surface area (Å²) in [7, 11) is 0. The van der Waals surface area contributed by atoms with E-state index < -0.39 is 0 Å². The van der Waals surface area contributed by atoms with Crippen LogP contribution in [-0.2, 0) is 0 Å². The average molecular weight is 751 g/mol. The van der Waals surface area contributed by atoms with Crippen LogP contribution in [0.3, 0.4) is 0 Å². The number of aromatic nitrogens is 4. The van der Waals surface area contributed by atoms with E-state index in [1.54, 1.807) is 0 Å². The molecule has 0 radical (unpaired) electrons. The quantitative estimate of drug-likeness (QED) is 0.176. The molecule has 2 aromatic heterocycles. The highest BCUT2D eigenvalue weighted by Gasteiger charge is 2.24. The first kappa shape index (κ1) is 33.2. The highest BCUT2D eigenvalue weighted by atomic mass is 15.0. The first-order valence-electron chi connectivity index (χ1n) is 20.0. The molecular weight excluding hydrogens is 717 g/mol. The van der Waals surface area contributed by atoms with Crippen LogP contribution in [0.1, 0.15) is 0 Å².